The number of hydrogen-bond acceptors (Lipinski definition) is 3. The Hall–Kier alpha value is -0.830. The molecule has 0 aromatic heterocycles. The Labute approximate surface area is 72.7 Å². The number of rotatable bonds is 2. The van der Waals surface area contributed by atoms with Gasteiger partial charge in [-0.2, -0.15) is 0 Å². The van der Waals surface area contributed by atoms with Crippen LogP contribution in [0.4, 0.5) is 0 Å². The molecule has 0 saturated carbocycles. The summed E-state index contributed by atoms with van der Waals surface area (Å²) in [6.07, 6.45) is 5.46. The highest BCUT2D eigenvalue weighted by Gasteiger charge is 2.25. The summed E-state index contributed by atoms with van der Waals surface area (Å²) in [5.41, 5.74) is 1.30. The summed E-state index contributed by atoms with van der Waals surface area (Å²) in [5.74, 6) is 0.761. The molecule has 0 aliphatic carbocycles. The molecule has 2 bridgehead atoms. The highest BCUT2D eigenvalue weighted by atomic mass is 16.6. The van der Waals surface area contributed by atoms with Gasteiger partial charge in [0.2, 0.25) is 0 Å². The minimum absolute atomic E-state index is 0.761. The maximum Gasteiger partial charge on any atom is 0.106 e. The zero-order chi connectivity index (χ0) is 8.39. The molecule has 2 heterocycles. The Morgan fingerprint density at radius 1 is 1.75 bits per heavy atom. The summed E-state index contributed by atoms with van der Waals surface area (Å²) in [4.78, 5) is 7.11. The van der Waals surface area contributed by atoms with Gasteiger partial charge in [-0.05, 0) is 24.5 Å². The second kappa shape index (κ2) is 3.27. The van der Waals surface area contributed by atoms with Crippen molar-refractivity contribution in [1.29, 1.82) is 0 Å². The molecule has 0 aromatic carbocycles. The zero-order valence-electron chi connectivity index (χ0n) is 7.36. The predicted molar refractivity (Wildman–Crippen MR) is 48.1 cm³/mol. The maximum absolute atomic E-state index is 4.65. The third-order valence-electron chi connectivity index (χ3n) is 2.49. The molecule has 2 aliphatic heterocycles. The van der Waals surface area contributed by atoms with Gasteiger partial charge in [0.05, 0.1) is 6.21 Å². The van der Waals surface area contributed by atoms with Crippen molar-refractivity contribution in [2.45, 2.75) is 6.42 Å². The molecule has 0 N–H and O–H groups in total. The van der Waals surface area contributed by atoms with E-state index in [0.29, 0.717) is 0 Å². The van der Waals surface area contributed by atoms with Crippen molar-refractivity contribution in [3.8, 4) is 0 Å². The van der Waals surface area contributed by atoms with Crippen molar-refractivity contribution < 1.29 is 4.84 Å². The van der Waals surface area contributed by atoms with Crippen molar-refractivity contribution in [3.63, 3.8) is 0 Å². The predicted octanol–water partition coefficient (Wildman–Crippen LogP) is 0.881. The van der Waals surface area contributed by atoms with E-state index in [0.717, 1.165) is 12.5 Å². The Morgan fingerprint density at radius 2 is 2.67 bits per heavy atom. The van der Waals surface area contributed by atoms with Gasteiger partial charge >= 0.3 is 0 Å². The van der Waals surface area contributed by atoms with Gasteiger partial charge < -0.3 is 4.84 Å². The van der Waals surface area contributed by atoms with Crippen LogP contribution in [0, 0.1) is 5.92 Å². The molecule has 66 valence electrons. The molecule has 2 rings (SSSR count). The Bertz CT molecular complexity index is 223. The van der Waals surface area contributed by atoms with E-state index in [9.17, 15) is 0 Å². The number of nitrogens with zero attached hydrogens (tertiary/aromatic N) is 2. The minimum atomic E-state index is 0.761. The van der Waals surface area contributed by atoms with Crippen molar-refractivity contribution in [1.82, 2.24) is 4.90 Å². The summed E-state index contributed by atoms with van der Waals surface area (Å²) in [5, 5.41) is 3.77. The first-order valence-corrected chi connectivity index (χ1v) is 4.38. The first-order chi connectivity index (χ1) is 5.88. The van der Waals surface area contributed by atoms with Crippen molar-refractivity contribution in [2.24, 2.45) is 11.1 Å². The Balaban J connectivity index is 2.03. The van der Waals surface area contributed by atoms with E-state index in [-0.39, 0.29) is 0 Å². The molecule has 2 aliphatic rings. The van der Waals surface area contributed by atoms with E-state index in [2.05, 4.69) is 21.0 Å². The largest absolute Gasteiger partial charge is 0.399 e. The first-order valence-electron chi connectivity index (χ1n) is 4.38. The summed E-state index contributed by atoms with van der Waals surface area (Å²) < 4.78 is 0. The molecule has 1 saturated heterocycles. The molecule has 2 unspecified atom stereocenters. The molecular weight excluding hydrogens is 152 g/mol. The number of fused-ring (bicyclic) bond motifs is 2. The molecule has 1 fully saturated rings. The lowest BCUT2D eigenvalue weighted by atomic mass is 10.0. The fourth-order valence-electron chi connectivity index (χ4n) is 1.96. The molecule has 2 atom stereocenters. The third-order valence-corrected chi connectivity index (χ3v) is 2.49. The van der Waals surface area contributed by atoms with Crippen LogP contribution in [0.3, 0.4) is 0 Å². The maximum atomic E-state index is 4.65. The minimum Gasteiger partial charge on any atom is -0.399 e. The zero-order valence-corrected chi connectivity index (χ0v) is 7.36. The van der Waals surface area contributed by atoms with E-state index in [4.69, 9.17) is 0 Å². The lowest BCUT2D eigenvalue weighted by Crippen LogP contribution is -2.26. The van der Waals surface area contributed by atoms with Gasteiger partial charge in [0.15, 0.2) is 0 Å². The molecular formula is C9H14N2O. The van der Waals surface area contributed by atoms with Crippen LogP contribution < -0.4 is 0 Å². The average Bonchev–Trinajstić information content (AvgIpc) is 2.42. The van der Waals surface area contributed by atoms with Crippen LogP contribution in [0.15, 0.2) is 16.8 Å². The normalized spacial score (nSPS) is 33.9. The Morgan fingerprint density at radius 3 is 3.42 bits per heavy atom. The van der Waals surface area contributed by atoms with Crippen LogP contribution >= 0.6 is 0 Å². The smallest absolute Gasteiger partial charge is 0.106 e. The highest BCUT2D eigenvalue weighted by Crippen LogP contribution is 2.24. The Kier molecular flexibility index (Phi) is 2.13. The molecule has 12 heavy (non-hydrogen) atoms. The molecule has 0 spiro atoms. The van der Waals surface area contributed by atoms with E-state index in [1.165, 1.54) is 25.1 Å². The molecule has 3 heteroatoms. The van der Waals surface area contributed by atoms with Gasteiger partial charge in [-0.25, -0.2) is 0 Å². The highest BCUT2D eigenvalue weighted by molar-refractivity contribution is 5.79. The van der Waals surface area contributed by atoms with E-state index < -0.39 is 0 Å². The molecule has 0 amide bonds. The van der Waals surface area contributed by atoms with Gasteiger partial charge in [-0.3, -0.25) is 4.90 Å². The van der Waals surface area contributed by atoms with Crippen LogP contribution in [0.2, 0.25) is 0 Å². The molecule has 0 aromatic rings. The monoisotopic (exact) mass is 166 g/mol. The number of hydrogen-bond donors (Lipinski definition) is 0. The van der Waals surface area contributed by atoms with Crippen LogP contribution in [0.5, 0.6) is 0 Å². The SMILES string of the molecule is CO/N=C\C1=CC2CCN(C1)C2. The van der Waals surface area contributed by atoms with Crippen molar-refractivity contribution in [3.05, 3.63) is 11.6 Å². The van der Waals surface area contributed by atoms with Crippen LogP contribution in [0.1, 0.15) is 6.42 Å². The average molecular weight is 166 g/mol. The standard InChI is InChI=1S/C9H14N2O/c1-12-10-5-9-4-8-2-3-11(6-8)7-9/h4-5,8H,2-3,6-7H2,1H3/b10-5-. The lowest BCUT2D eigenvalue weighted by Gasteiger charge is -2.20. The van der Waals surface area contributed by atoms with Gasteiger partial charge in [0, 0.05) is 13.1 Å². The summed E-state index contributed by atoms with van der Waals surface area (Å²) in [7, 11) is 1.58. The van der Waals surface area contributed by atoms with Crippen molar-refractivity contribution >= 4 is 6.21 Å². The topological polar surface area (TPSA) is 24.8 Å². The van der Waals surface area contributed by atoms with Gasteiger partial charge in [-0.1, -0.05) is 11.2 Å². The fraction of sp³-hybridized carbons (Fsp3) is 0.667. The van der Waals surface area contributed by atoms with E-state index in [1.807, 2.05) is 6.21 Å². The summed E-state index contributed by atoms with van der Waals surface area (Å²) in [6.45, 7) is 3.53. The van der Waals surface area contributed by atoms with Crippen LogP contribution in [-0.4, -0.2) is 37.9 Å². The van der Waals surface area contributed by atoms with E-state index >= 15 is 0 Å². The third kappa shape index (κ3) is 1.50. The summed E-state index contributed by atoms with van der Waals surface area (Å²) in [6, 6.07) is 0. The van der Waals surface area contributed by atoms with Crippen molar-refractivity contribution in [2.75, 3.05) is 26.7 Å². The number of oxime groups is 1. The van der Waals surface area contributed by atoms with Crippen LogP contribution in [0.25, 0.3) is 0 Å². The van der Waals surface area contributed by atoms with Gasteiger partial charge in [0.25, 0.3) is 0 Å². The van der Waals surface area contributed by atoms with Gasteiger partial charge in [-0.15, -0.1) is 0 Å². The molecule has 3 nitrogen and oxygen atoms in total. The molecule has 0 radical (unpaired) electrons. The second-order valence-electron chi connectivity index (χ2n) is 3.44. The first kappa shape index (κ1) is 7.80. The quantitative estimate of drug-likeness (QED) is 0.449. The van der Waals surface area contributed by atoms with Crippen LogP contribution in [-0.2, 0) is 4.84 Å². The van der Waals surface area contributed by atoms with E-state index in [1.54, 1.807) is 7.11 Å². The lowest BCUT2D eigenvalue weighted by molar-refractivity contribution is 0.215. The summed E-state index contributed by atoms with van der Waals surface area (Å²) >= 11 is 0. The second-order valence-corrected chi connectivity index (χ2v) is 3.44. The fourth-order valence-corrected chi connectivity index (χ4v) is 1.96. The van der Waals surface area contributed by atoms with Gasteiger partial charge in [0.1, 0.15) is 7.11 Å².